The molecule has 0 fully saturated rings. The summed E-state index contributed by atoms with van der Waals surface area (Å²) in [4.78, 5) is 0. The molecule has 89 valence electrons. The van der Waals surface area contributed by atoms with Gasteiger partial charge in [-0.3, -0.25) is 8.42 Å². The van der Waals surface area contributed by atoms with Crippen LogP contribution < -0.4 is 0 Å². The molecule has 0 amide bonds. The molecule has 10 N–H and O–H groups in total. The summed E-state index contributed by atoms with van der Waals surface area (Å²) in [5, 5.41) is 0. The molecule has 0 heterocycles. The van der Waals surface area contributed by atoms with Gasteiger partial charge in [0, 0.05) is 10.4 Å². The van der Waals surface area contributed by atoms with Crippen molar-refractivity contribution >= 4 is 22.8 Å². The average molecular weight is 286 g/mol. The van der Waals surface area contributed by atoms with Crippen LogP contribution in [0.1, 0.15) is 0 Å². The molecule has 0 unspecified atom stereocenters. The van der Waals surface area contributed by atoms with Crippen molar-refractivity contribution in [3.63, 3.8) is 0 Å². The fraction of sp³-hybridized carbons (Fsp3) is 0. The Hall–Kier alpha value is 0.479. The summed E-state index contributed by atoms with van der Waals surface area (Å²) in [6.45, 7) is 0. The van der Waals surface area contributed by atoms with E-state index in [1.165, 1.54) is 0 Å². The molecule has 0 aliphatic heterocycles. The molecule has 0 bridgehead atoms. The van der Waals surface area contributed by atoms with Crippen molar-refractivity contribution in [2.45, 2.75) is 0 Å². The second-order valence-electron chi connectivity index (χ2n) is 0.408. The van der Waals surface area contributed by atoms with E-state index in [4.69, 9.17) is 17.5 Å². The van der Waals surface area contributed by atoms with Crippen LogP contribution in [0.5, 0.6) is 0 Å². The number of halogens is 1. The van der Waals surface area contributed by atoms with Crippen LogP contribution in [0.2, 0.25) is 0 Å². The van der Waals surface area contributed by atoms with Crippen molar-refractivity contribution < 1.29 is 62.0 Å². The number of rotatable bonds is 0. The van der Waals surface area contributed by atoms with Gasteiger partial charge in [0.15, 0.2) is 0 Å². The smallest absolute Gasteiger partial charge is 0.759 e. The molecule has 9 nitrogen and oxygen atoms in total. The number of hydrogen-bond acceptors (Lipinski definition) is 4. The summed E-state index contributed by atoms with van der Waals surface area (Å²) in [7, 11) is -5.17. The summed E-state index contributed by atoms with van der Waals surface area (Å²) < 4.78 is 34.1. The minimum absolute atomic E-state index is 0. The molecule has 0 aromatic heterocycles. The molecule has 0 saturated carbocycles. The second kappa shape index (κ2) is 30.0. The van der Waals surface area contributed by atoms with Gasteiger partial charge in [0.1, 0.15) is 0 Å². The zero-order chi connectivity index (χ0) is 4.50. The van der Waals surface area contributed by atoms with Gasteiger partial charge in [0.25, 0.3) is 0 Å². The Morgan fingerprint density at radius 3 is 0.750 bits per heavy atom. The van der Waals surface area contributed by atoms with Crippen LogP contribution in [0.15, 0.2) is 0 Å². The van der Waals surface area contributed by atoms with Gasteiger partial charge in [-0.25, -0.2) is 0 Å². The third-order valence-corrected chi connectivity index (χ3v) is 0. The Labute approximate surface area is 85.2 Å². The van der Waals surface area contributed by atoms with Crippen molar-refractivity contribution in [2.75, 3.05) is 0 Å². The monoisotopic (exact) mass is 285 g/mol. The predicted octanol–water partition coefficient (Wildman–Crippen LogP) is -5.04. The zero-order valence-electron chi connectivity index (χ0n) is 5.25. The molecule has 0 atom stereocenters. The molecule has 0 aliphatic rings. The zero-order valence-corrected chi connectivity index (χ0v) is 7.83. The summed E-state index contributed by atoms with van der Waals surface area (Å²) in [6.07, 6.45) is 0. The van der Waals surface area contributed by atoms with E-state index in [-0.39, 0.29) is 56.9 Å². The van der Waals surface area contributed by atoms with Crippen LogP contribution in [0.3, 0.4) is 0 Å². The van der Waals surface area contributed by atoms with Gasteiger partial charge >= 0.3 is 17.1 Å². The first-order valence-corrected chi connectivity index (χ1v) is 2.00. The fourth-order valence-electron chi connectivity index (χ4n) is 0. The Balaban J connectivity index is -0.00000000381. The Morgan fingerprint density at radius 2 is 0.750 bits per heavy atom. The molecule has 0 aliphatic carbocycles. The first-order chi connectivity index (χ1) is 2.00. The SMILES string of the molecule is Cl.O.O.O.O.O.O=S(=O)([O-])[O-].[Cu+2]. The van der Waals surface area contributed by atoms with E-state index in [0.29, 0.717) is 0 Å². The molecule has 0 aromatic rings. The summed E-state index contributed by atoms with van der Waals surface area (Å²) >= 11 is 0. The van der Waals surface area contributed by atoms with Crippen molar-refractivity contribution in [1.82, 2.24) is 0 Å². The van der Waals surface area contributed by atoms with E-state index in [9.17, 15) is 0 Å². The van der Waals surface area contributed by atoms with Crippen LogP contribution in [-0.2, 0) is 27.5 Å². The van der Waals surface area contributed by atoms with Crippen molar-refractivity contribution in [3.05, 3.63) is 0 Å². The minimum atomic E-state index is -5.17. The maximum absolute atomic E-state index is 8.52. The molecule has 0 spiro atoms. The van der Waals surface area contributed by atoms with Gasteiger partial charge in [-0.15, -0.1) is 12.4 Å². The van der Waals surface area contributed by atoms with Gasteiger partial charge in [0.05, 0.1) is 0 Å². The van der Waals surface area contributed by atoms with Crippen molar-refractivity contribution in [1.29, 1.82) is 0 Å². The standard InChI is InChI=1S/ClH.Cu.H2O4S.5H2O/c;;1-5(2,3)4;;;;;/h1H;;(H2,1,2,3,4);5*1H2/q;+2;;;;;;/p-2. The maximum Gasteiger partial charge on any atom is 2.00 e. The third kappa shape index (κ3) is 4100. The third-order valence-electron chi connectivity index (χ3n) is 0. The average Bonchev–Trinajstić information content (AvgIpc) is 0.722. The van der Waals surface area contributed by atoms with Crippen molar-refractivity contribution in [3.8, 4) is 0 Å². The number of hydrogen-bond donors (Lipinski definition) is 0. The quantitative estimate of drug-likeness (QED) is 0.241. The van der Waals surface area contributed by atoms with Gasteiger partial charge in [-0.2, -0.15) is 0 Å². The Kier molecular flexibility index (Phi) is 205. The minimum Gasteiger partial charge on any atom is -0.759 e. The van der Waals surface area contributed by atoms with Crippen LogP contribution in [0.4, 0.5) is 0 Å². The Bertz CT molecular complexity index is 97.7. The van der Waals surface area contributed by atoms with E-state index in [1.807, 2.05) is 0 Å². The molecule has 12 heteroatoms. The van der Waals surface area contributed by atoms with E-state index in [1.54, 1.807) is 0 Å². The van der Waals surface area contributed by atoms with Gasteiger partial charge in [-0.1, -0.05) is 0 Å². The fourth-order valence-corrected chi connectivity index (χ4v) is 0. The van der Waals surface area contributed by atoms with E-state index < -0.39 is 10.4 Å². The van der Waals surface area contributed by atoms with Gasteiger partial charge in [-0.05, 0) is 0 Å². The second-order valence-corrected chi connectivity index (χ2v) is 1.22. The summed E-state index contributed by atoms with van der Waals surface area (Å²) in [6, 6.07) is 0. The van der Waals surface area contributed by atoms with Crippen LogP contribution in [-0.4, -0.2) is 44.9 Å². The van der Waals surface area contributed by atoms with Crippen LogP contribution in [0.25, 0.3) is 0 Å². The molecular weight excluding hydrogens is 275 g/mol. The van der Waals surface area contributed by atoms with E-state index >= 15 is 0 Å². The first kappa shape index (κ1) is 82.0. The topological polar surface area (TPSA) is 238 Å². The molecule has 0 saturated heterocycles. The summed E-state index contributed by atoms with van der Waals surface area (Å²) in [5.41, 5.74) is 0. The van der Waals surface area contributed by atoms with E-state index in [2.05, 4.69) is 0 Å². The molecule has 0 aromatic carbocycles. The van der Waals surface area contributed by atoms with Crippen LogP contribution >= 0.6 is 12.4 Å². The molecule has 0 rings (SSSR count). The Morgan fingerprint density at radius 1 is 0.750 bits per heavy atom. The van der Waals surface area contributed by atoms with Crippen LogP contribution in [0, 0.1) is 0 Å². The molecule has 12 heavy (non-hydrogen) atoms. The molecular formula is H11ClCuO9S. The van der Waals surface area contributed by atoms with Crippen molar-refractivity contribution in [2.24, 2.45) is 0 Å². The summed E-state index contributed by atoms with van der Waals surface area (Å²) in [5.74, 6) is 0. The van der Waals surface area contributed by atoms with E-state index in [0.717, 1.165) is 0 Å². The van der Waals surface area contributed by atoms with Gasteiger partial charge < -0.3 is 36.5 Å². The molecule has 1 radical (unpaired) electrons. The normalized spacial score (nSPS) is 4.83. The maximum atomic E-state index is 8.52. The largest absolute Gasteiger partial charge is 2.00 e. The first-order valence-electron chi connectivity index (χ1n) is 0.667. The van der Waals surface area contributed by atoms with Gasteiger partial charge in [0.2, 0.25) is 0 Å². The predicted molar refractivity (Wildman–Crippen MR) is 35.8 cm³/mol.